The molecule has 1 aliphatic rings. The number of aryl methyl sites for hydroxylation is 1. The van der Waals surface area contributed by atoms with E-state index in [9.17, 15) is 4.79 Å². The summed E-state index contributed by atoms with van der Waals surface area (Å²) >= 11 is 1.75. The smallest absolute Gasteiger partial charge is 0.268 e. The molecule has 0 bridgehead atoms. The topological polar surface area (TPSA) is 43.3 Å². The molecule has 0 atom stereocenters. The lowest BCUT2D eigenvalue weighted by Crippen LogP contribution is -2.29. The van der Waals surface area contributed by atoms with Crippen molar-refractivity contribution in [2.75, 3.05) is 20.3 Å². The second-order valence-corrected chi connectivity index (χ2v) is 6.73. The monoisotopic (exact) mass is 292 g/mol. The molecule has 2 heterocycles. The summed E-state index contributed by atoms with van der Waals surface area (Å²) in [4.78, 5) is 13.6. The second-order valence-electron chi connectivity index (χ2n) is 5.44. The normalized spacial score (nSPS) is 14.9. The Morgan fingerprint density at radius 1 is 1.50 bits per heavy atom. The molecule has 0 radical (unpaired) electrons. The molecule has 2 aromatic rings. The Balaban J connectivity index is 1.87. The van der Waals surface area contributed by atoms with Crippen molar-refractivity contribution in [2.24, 2.45) is 5.92 Å². The van der Waals surface area contributed by atoms with Crippen molar-refractivity contribution in [3.8, 4) is 0 Å². The maximum atomic E-state index is 12.3. The maximum Gasteiger partial charge on any atom is 0.268 e. The van der Waals surface area contributed by atoms with Gasteiger partial charge in [-0.3, -0.25) is 4.79 Å². The van der Waals surface area contributed by atoms with E-state index in [1.807, 2.05) is 6.07 Å². The molecule has 5 heteroatoms. The number of hydrogen-bond donors (Lipinski definition) is 1. The van der Waals surface area contributed by atoms with Gasteiger partial charge in [-0.05, 0) is 37.8 Å². The molecule has 1 saturated carbocycles. The summed E-state index contributed by atoms with van der Waals surface area (Å²) in [6.07, 6.45) is 2.57. The van der Waals surface area contributed by atoms with Crippen LogP contribution in [0.3, 0.4) is 0 Å². The standard InChI is InChI=1S/C15H20N2O2S/c1-10-7-12-14(20-10)8-13(15(18)16-5-6-19-2)17(12)9-11-3-4-11/h7-8,11H,3-6,9H2,1-2H3,(H,16,18). The summed E-state index contributed by atoms with van der Waals surface area (Å²) in [5, 5.41) is 2.92. The summed E-state index contributed by atoms with van der Waals surface area (Å²) in [5.41, 5.74) is 1.99. The van der Waals surface area contributed by atoms with Crippen LogP contribution in [-0.2, 0) is 11.3 Å². The number of fused-ring (bicyclic) bond motifs is 1. The molecule has 3 rings (SSSR count). The van der Waals surface area contributed by atoms with Crippen LogP contribution in [0.1, 0.15) is 28.2 Å². The van der Waals surface area contributed by atoms with Crippen LogP contribution in [0.4, 0.5) is 0 Å². The van der Waals surface area contributed by atoms with Crippen molar-refractivity contribution in [2.45, 2.75) is 26.3 Å². The minimum atomic E-state index is 0.00348. The van der Waals surface area contributed by atoms with Gasteiger partial charge in [-0.25, -0.2) is 0 Å². The molecular formula is C15H20N2O2S. The average molecular weight is 292 g/mol. The van der Waals surface area contributed by atoms with E-state index in [0.29, 0.717) is 13.2 Å². The highest BCUT2D eigenvalue weighted by molar-refractivity contribution is 7.19. The Hall–Kier alpha value is -1.33. The van der Waals surface area contributed by atoms with E-state index in [-0.39, 0.29) is 5.91 Å². The number of carbonyl (C=O) groups excluding carboxylic acids is 1. The van der Waals surface area contributed by atoms with Gasteiger partial charge in [0.25, 0.3) is 5.91 Å². The van der Waals surface area contributed by atoms with Crippen molar-refractivity contribution in [1.29, 1.82) is 0 Å². The number of nitrogens with one attached hydrogen (secondary N) is 1. The SMILES string of the molecule is COCCNC(=O)c1cc2sc(C)cc2n1CC1CC1. The molecule has 1 N–H and O–H groups in total. The Morgan fingerprint density at radius 3 is 3.00 bits per heavy atom. The van der Waals surface area contributed by atoms with E-state index < -0.39 is 0 Å². The van der Waals surface area contributed by atoms with E-state index in [1.165, 1.54) is 27.9 Å². The Labute approximate surface area is 122 Å². The molecule has 0 aromatic carbocycles. The third-order valence-electron chi connectivity index (χ3n) is 3.67. The number of methoxy groups -OCH3 is 1. The summed E-state index contributed by atoms with van der Waals surface area (Å²) in [7, 11) is 1.64. The third kappa shape index (κ3) is 2.74. The Kier molecular flexibility index (Phi) is 3.81. The van der Waals surface area contributed by atoms with Crippen molar-refractivity contribution in [3.05, 3.63) is 22.7 Å². The van der Waals surface area contributed by atoms with Crippen molar-refractivity contribution >= 4 is 27.5 Å². The highest BCUT2D eigenvalue weighted by atomic mass is 32.1. The minimum absolute atomic E-state index is 0.00348. The highest BCUT2D eigenvalue weighted by Crippen LogP contribution is 2.35. The zero-order valence-corrected chi connectivity index (χ0v) is 12.8. The molecular weight excluding hydrogens is 272 g/mol. The molecule has 0 unspecified atom stereocenters. The van der Waals surface area contributed by atoms with Crippen LogP contribution >= 0.6 is 11.3 Å². The highest BCUT2D eigenvalue weighted by Gasteiger charge is 2.25. The van der Waals surface area contributed by atoms with E-state index in [0.717, 1.165) is 18.2 Å². The first-order valence-electron chi connectivity index (χ1n) is 7.06. The quantitative estimate of drug-likeness (QED) is 0.832. The van der Waals surface area contributed by atoms with Gasteiger partial charge < -0.3 is 14.6 Å². The lowest BCUT2D eigenvalue weighted by Gasteiger charge is -2.10. The van der Waals surface area contributed by atoms with Crippen molar-refractivity contribution < 1.29 is 9.53 Å². The molecule has 1 fully saturated rings. The van der Waals surface area contributed by atoms with Crippen molar-refractivity contribution in [3.63, 3.8) is 0 Å². The fourth-order valence-corrected chi connectivity index (χ4v) is 3.43. The number of amides is 1. The largest absolute Gasteiger partial charge is 0.383 e. The van der Waals surface area contributed by atoms with Gasteiger partial charge in [0.15, 0.2) is 0 Å². The van der Waals surface area contributed by atoms with Gasteiger partial charge in [-0.2, -0.15) is 0 Å². The molecule has 20 heavy (non-hydrogen) atoms. The summed E-state index contributed by atoms with van der Waals surface area (Å²) in [6, 6.07) is 4.21. The van der Waals surface area contributed by atoms with Crippen LogP contribution in [0.2, 0.25) is 0 Å². The average Bonchev–Trinajstić information content (AvgIpc) is 3.07. The molecule has 1 amide bonds. The molecule has 0 spiro atoms. The summed E-state index contributed by atoms with van der Waals surface area (Å²) in [6.45, 7) is 4.18. The molecule has 0 saturated heterocycles. The van der Waals surface area contributed by atoms with Crippen LogP contribution in [0.25, 0.3) is 10.2 Å². The molecule has 4 nitrogen and oxygen atoms in total. The minimum Gasteiger partial charge on any atom is -0.383 e. The number of aromatic nitrogens is 1. The van der Waals surface area contributed by atoms with Crippen LogP contribution in [0.15, 0.2) is 12.1 Å². The van der Waals surface area contributed by atoms with Crippen LogP contribution in [-0.4, -0.2) is 30.7 Å². The van der Waals surface area contributed by atoms with Gasteiger partial charge in [-0.15, -0.1) is 11.3 Å². The van der Waals surface area contributed by atoms with E-state index in [2.05, 4.69) is 22.9 Å². The first-order valence-corrected chi connectivity index (χ1v) is 7.87. The maximum absolute atomic E-state index is 12.3. The predicted octanol–water partition coefficient (Wildman–Crippen LogP) is 2.80. The van der Waals surface area contributed by atoms with E-state index in [1.54, 1.807) is 18.4 Å². The van der Waals surface area contributed by atoms with Crippen LogP contribution in [0, 0.1) is 12.8 Å². The predicted molar refractivity (Wildman–Crippen MR) is 81.5 cm³/mol. The lowest BCUT2D eigenvalue weighted by molar-refractivity contribution is 0.0928. The van der Waals surface area contributed by atoms with Gasteiger partial charge in [0.1, 0.15) is 5.69 Å². The van der Waals surface area contributed by atoms with Gasteiger partial charge in [0.2, 0.25) is 0 Å². The molecule has 2 aromatic heterocycles. The molecule has 1 aliphatic carbocycles. The second kappa shape index (κ2) is 5.58. The fraction of sp³-hybridized carbons (Fsp3) is 0.533. The third-order valence-corrected chi connectivity index (χ3v) is 4.66. The molecule has 108 valence electrons. The van der Waals surface area contributed by atoms with Gasteiger partial charge in [0.05, 0.1) is 16.8 Å². The Morgan fingerprint density at radius 2 is 2.30 bits per heavy atom. The first-order chi connectivity index (χ1) is 9.69. The van der Waals surface area contributed by atoms with E-state index in [4.69, 9.17) is 4.74 Å². The van der Waals surface area contributed by atoms with Crippen LogP contribution < -0.4 is 5.32 Å². The summed E-state index contributed by atoms with van der Waals surface area (Å²) < 4.78 is 8.37. The first kappa shape index (κ1) is 13.6. The van der Waals surface area contributed by atoms with E-state index >= 15 is 0 Å². The van der Waals surface area contributed by atoms with Crippen molar-refractivity contribution in [1.82, 2.24) is 9.88 Å². The number of carbonyl (C=O) groups is 1. The fourth-order valence-electron chi connectivity index (χ4n) is 2.47. The number of rotatable bonds is 6. The number of thiophene rings is 1. The zero-order valence-electron chi connectivity index (χ0n) is 11.9. The number of ether oxygens (including phenoxy) is 1. The number of hydrogen-bond acceptors (Lipinski definition) is 3. The molecule has 0 aliphatic heterocycles. The van der Waals surface area contributed by atoms with Gasteiger partial charge in [0, 0.05) is 25.1 Å². The lowest BCUT2D eigenvalue weighted by atomic mass is 10.3. The van der Waals surface area contributed by atoms with Gasteiger partial charge >= 0.3 is 0 Å². The number of nitrogens with zero attached hydrogens (tertiary/aromatic N) is 1. The summed E-state index contributed by atoms with van der Waals surface area (Å²) in [5.74, 6) is 0.750. The Bertz CT molecular complexity index is 625. The van der Waals surface area contributed by atoms with Gasteiger partial charge in [-0.1, -0.05) is 0 Å². The van der Waals surface area contributed by atoms with Crippen LogP contribution in [0.5, 0.6) is 0 Å². The zero-order chi connectivity index (χ0) is 14.1.